The van der Waals surface area contributed by atoms with E-state index in [2.05, 4.69) is 34.5 Å². The summed E-state index contributed by atoms with van der Waals surface area (Å²) in [4.78, 5) is 16.9. The predicted octanol–water partition coefficient (Wildman–Crippen LogP) is 1.88. The second kappa shape index (κ2) is 7.09. The average molecular weight is 290 g/mol. The van der Waals surface area contributed by atoms with Crippen molar-refractivity contribution in [3.63, 3.8) is 0 Å². The fourth-order valence-corrected chi connectivity index (χ4v) is 2.55. The summed E-state index contributed by atoms with van der Waals surface area (Å²) in [7, 11) is 0. The van der Waals surface area contributed by atoms with E-state index in [1.807, 2.05) is 19.1 Å². The van der Waals surface area contributed by atoms with Crippen molar-refractivity contribution in [3.05, 3.63) is 42.5 Å². The number of aromatic nitrogens is 3. The predicted molar refractivity (Wildman–Crippen MR) is 79.5 cm³/mol. The van der Waals surface area contributed by atoms with Crippen LogP contribution >= 0.6 is 11.8 Å². The number of aryl methyl sites for hydroxylation is 1. The first-order valence-electron chi connectivity index (χ1n) is 6.48. The molecule has 2 rings (SSSR count). The van der Waals surface area contributed by atoms with E-state index in [0.29, 0.717) is 13.1 Å². The topological polar surface area (TPSA) is 59.8 Å². The molecule has 1 amide bonds. The smallest absolute Gasteiger partial charge is 0.233 e. The van der Waals surface area contributed by atoms with Gasteiger partial charge in [0.2, 0.25) is 5.91 Å². The maximum absolute atomic E-state index is 12.0. The van der Waals surface area contributed by atoms with Crippen LogP contribution in [0.3, 0.4) is 0 Å². The number of nitrogens with one attached hydrogen (secondary N) is 1. The van der Waals surface area contributed by atoms with E-state index in [1.54, 1.807) is 22.8 Å². The fourth-order valence-electron chi connectivity index (χ4n) is 1.66. The standard InChI is InChI=1S/C14H18N4OS/c1-11-3-5-13(6-4-11)20-12(2)14(19)16-7-8-18-10-15-9-17-18/h3-6,9-10,12H,7-8H2,1-2H3,(H,16,19)/t12-/m0/s1. The molecule has 6 heteroatoms. The highest BCUT2D eigenvalue weighted by Crippen LogP contribution is 2.23. The number of carbonyl (C=O) groups is 1. The van der Waals surface area contributed by atoms with E-state index in [-0.39, 0.29) is 11.2 Å². The summed E-state index contributed by atoms with van der Waals surface area (Å²) in [6.45, 7) is 5.15. The molecule has 1 aromatic carbocycles. The Balaban J connectivity index is 1.75. The molecule has 2 aromatic rings. The van der Waals surface area contributed by atoms with Crippen LogP contribution in [0, 0.1) is 6.92 Å². The molecule has 0 spiro atoms. The maximum Gasteiger partial charge on any atom is 0.233 e. The van der Waals surface area contributed by atoms with Gasteiger partial charge in [-0.05, 0) is 26.0 Å². The van der Waals surface area contributed by atoms with Crippen LogP contribution < -0.4 is 5.32 Å². The van der Waals surface area contributed by atoms with Crippen molar-refractivity contribution < 1.29 is 4.79 Å². The summed E-state index contributed by atoms with van der Waals surface area (Å²) < 4.78 is 1.69. The lowest BCUT2D eigenvalue weighted by atomic mass is 10.2. The highest BCUT2D eigenvalue weighted by atomic mass is 32.2. The Kier molecular flexibility index (Phi) is 5.17. The van der Waals surface area contributed by atoms with Crippen molar-refractivity contribution >= 4 is 17.7 Å². The van der Waals surface area contributed by atoms with Crippen LogP contribution in [0.15, 0.2) is 41.8 Å². The third-order valence-electron chi connectivity index (χ3n) is 2.81. The molecule has 0 unspecified atom stereocenters. The number of hydrogen-bond donors (Lipinski definition) is 1. The summed E-state index contributed by atoms with van der Waals surface area (Å²) in [6.07, 6.45) is 3.12. The molecule has 1 heterocycles. The van der Waals surface area contributed by atoms with Gasteiger partial charge >= 0.3 is 0 Å². The molecule has 0 fully saturated rings. The Labute approximate surface area is 122 Å². The molecule has 20 heavy (non-hydrogen) atoms. The first-order valence-corrected chi connectivity index (χ1v) is 7.36. The van der Waals surface area contributed by atoms with Gasteiger partial charge in [-0.1, -0.05) is 17.7 Å². The largest absolute Gasteiger partial charge is 0.353 e. The zero-order chi connectivity index (χ0) is 14.4. The van der Waals surface area contributed by atoms with Crippen molar-refractivity contribution in [2.45, 2.75) is 30.5 Å². The monoisotopic (exact) mass is 290 g/mol. The Bertz CT molecular complexity index is 539. The minimum absolute atomic E-state index is 0.0377. The molecule has 0 saturated carbocycles. The Morgan fingerprint density at radius 3 is 2.80 bits per heavy atom. The van der Waals surface area contributed by atoms with Crippen LogP contribution in [0.1, 0.15) is 12.5 Å². The minimum Gasteiger partial charge on any atom is -0.353 e. The van der Waals surface area contributed by atoms with Crippen molar-refractivity contribution in [2.24, 2.45) is 0 Å². The van der Waals surface area contributed by atoms with Gasteiger partial charge in [-0.15, -0.1) is 11.8 Å². The van der Waals surface area contributed by atoms with Gasteiger partial charge in [-0.3, -0.25) is 9.48 Å². The SMILES string of the molecule is Cc1ccc(S[C@@H](C)C(=O)NCCn2cncn2)cc1. The van der Waals surface area contributed by atoms with Crippen LogP contribution in [0.5, 0.6) is 0 Å². The first kappa shape index (κ1) is 14.6. The fraction of sp³-hybridized carbons (Fsp3) is 0.357. The molecule has 1 aromatic heterocycles. The van der Waals surface area contributed by atoms with Gasteiger partial charge in [0.25, 0.3) is 0 Å². The molecule has 1 atom stereocenters. The summed E-state index contributed by atoms with van der Waals surface area (Å²) in [5, 5.41) is 6.77. The Hall–Kier alpha value is -1.82. The zero-order valence-electron chi connectivity index (χ0n) is 11.6. The van der Waals surface area contributed by atoms with Crippen LogP contribution in [0.25, 0.3) is 0 Å². The molecule has 0 saturated heterocycles. The number of thioether (sulfide) groups is 1. The second-order valence-corrected chi connectivity index (χ2v) is 5.94. The third-order valence-corrected chi connectivity index (χ3v) is 3.92. The van der Waals surface area contributed by atoms with Gasteiger partial charge < -0.3 is 5.32 Å². The van der Waals surface area contributed by atoms with Gasteiger partial charge in [0.1, 0.15) is 12.7 Å². The second-order valence-electron chi connectivity index (χ2n) is 4.52. The van der Waals surface area contributed by atoms with E-state index < -0.39 is 0 Å². The lowest BCUT2D eigenvalue weighted by Crippen LogP contribution is -2.33. The summed E-state index contributed by atoms with van der Waals surface area (Å²) in [6, 6.07) is 8.19. The molecule has 0 bridgehead atoms. The van der Waals surface area contributed by atoms with Gasteiger partial charge in [-0.2, -0.15) is 5.10 Å². The van der Waals surface area contributed by atoms with Crippen LogP contribution in [0.2, 0.25) is 0 Å². The van der Waals surface area contributed by atoms with E-state index in [0.717, 1.165) is 4.90 Å². The first-order chi connectivity index (χ1) is 9.65. The van der Waals surface area contributed by atoms with Gasteiger partial charge in [-0.25, -0.2) is 4.98 Å². The summed E-state index contributed by atoms with van der Waals surface area (Å²) in [5.41, 5.74) is 1.22. The van der Waals surface area contributed by atoms with Crippen molar-refractivity contribution in [1.82, 2.24) is 20.1 Å². The molecule has 0 aliphatic heterocycles. The van der Waals surface area contributed by atoms with Crippen LogP contribution in [0.4, 0.5) is 0 Å². The number of carbonyl (C=O) groups excluding carboxylic acids is 1. The van der Waals surface area contributed by atoms with Crippen molar-refractivity contribution in [3.8, 4) is 0 Å². The van der Waals surface area contributed by atoms with Gasteiger partial charge in [0.15, 0.2) is 0 Å². The molecule has 0 radical (unpaired) electrons. The van der Waals surface area contributed by atoms with E-state index in [1.165, 1.54) is 11.9 Å². The normalized spacial score (nSPS) is 12.1. The van der Waals surface area contributed by atoms with E-state index >= 15 is 0 Å². The number of hydrogen-bond acceptors (Lipinski definition) is 4. The minimum atomic E-state index is -0.117. The lowest BCUT2D eigenvalue weighted by Gasteiger charge is -2.12. The average Bonchev–Trinajstić information content (AvgIpc) is 2.94. The molecule has 5 nitrogen and oxygen atoms in total. The third kappa shape index (κ3) is 4.38. The summed E-state index contributed by atoms with van der Waals surface area (Å²) in [5.74, 6) is 0.0377. The maximum atomic E-state index is 12.0. The Morgan fingerprint density at radius 1 is 1.40 bits per heavy atom. The molecular formula is C14H18N4OS. The van der Waals surface area contributed by atoms with Crippen molar-refractivity contribution in [2.75, 3.05) is 6.54 Å². The number of amides is 1. The van der Waals surface area contributed by atoms with Gasteiger partial charge in [0, 0.05) is 11.4 Å². The zero-order valence-corrected chi connectivity index (χ0v) is 12.4. The number of benzene rings is 1. The van der Waals surface area contributed by atoms with E-state index in [4.69, 9.17) is 0 Å². The Morgan fingerprint density at radius 2 is 2.15 bits per heavy atom. The van der Waals surface area contributed by atoms with Crippen molar-refractivity contribution in [1.29, 1.82) is 0 Å². The van der Waals surface area contributed by atoms with Gasteiger partial charge in [0.05, 0.1) is 11.8 Å². The molecule has 106 valence electrons. The quantitative estimate of drug-likeness (QED) is 0.825. The van der Waals surface area contributed by atoms with Crippen LogP contribution in [-0.2, 0) is 11.3 Å². The summed E-state index contributed by atoms with van der Waals surface area (Å²) >= 11 is 1.56. The highest BCUT2D eigenvalue weighted by Gasteiger charge is 2.13. The van der Waals surface area contributed by atoms with E-state index in [9.17, 15) is 4.79 Å². The van der Waals surface area contributed by atoms with Crippen LogP contribution in [-0.4, -0.2) is 32.5 Å². The number of nitrogens with zero attached hydrogens (tertiary/aromatic N) is 3. The molecule has 0 aliphatic carbocycles. The molecular weight excluding hydrogens is 272 g/mol. The molecule has 1 N–H and O–H groups in total. The lowest BCUT2D eigenvalue weighted by molar-refractivity contribution is -0.120. The number of rotatable bonds is 6. The molecule has 0 aliphatic rings. The highest BCUT2D eigenvalue weighted by molar-refractivity contribution is 8.00.